The number of amides is 1. The van der Waals surface area contributed by atoms with Gasteiger partial charge in [-0.25, -0.2) is 4.79 Å². The summed E-state index contributed by atoms with van der Waals surface area (Å²) in [7, 11) is 1.73. The van der Waals surface area contributed by atoms with Crippen molar-refractivity contribution < 1.29 is 9.53 Å². The molecule has 4 heteroatoms. The second-order valence-electron chi connectivity index (χ2n) is 2.04. The Labute approximate surface area is 62.1 Å². The molecule has 0 aliphatic carbocycles. The van der Waals surface area contributed by atoms with Crippen molar-refractivity contribution in [3.63, 3.8) is 0 Å². The Morgan fingerprint density at radius 3 is 2.89 bits per heavy atom. The van der Waals surface area contributed by atoms with Crippen LogP contribution in [0.5, 0.6) is 0 Å². The fraction of sp³-hybridized carbons (Fsp3) is 0.800. The van der Waals surface area contributed by atoms with Crippen LogP contribution in [0.15, 0.2) is 0 Å². The highest BCUT2D eigenvalue weighted by Gasteiger charge is 2.26. The van der Waals surface area contributed by atoms with Gasteiger partial charge in [0.05, 0.1) is 6.54 Å². The van der Waals surface area contributed by atoms with Gasteiger partial charge in [-0.3, -0.25) is 0 Å². The minimum atomic E-state index is -0.223. The lowest BCUT2D eigenvalue weighted by Crippen LogP contribution is -2.19. The third kappa shape index (κ3) is 1.36. The highest BCUT2D eigenvalue weighted by atomic mass is 79.9. The molecule has 1 saturated heterocycles. The number of carbonyl (C=O) groups excluding carboxylic acids is 1. The van der Waals surface area contributed by atoms with Crippen molar-refractivity contribution in [3.8, 4) is 0 Å². The lowest BCUT2D eigenvalue weighted by molar-refractivity contribution is 0.142. The number of nitrogens with zero attached hydrogens (tertiary/aromatic N) is 1. The smallest absolute Gasteiger partial charge is 0.409 e. The van der Waals surface area contributed by atoms with Gasteiger partial charge in [-0.05, 0) is 0 Å². The van der Waals surface area contributed by atoms with Crippen LogP contribution in [0.2, 0.25) is 0 Å². The summed E-state index contributed by atoms with van der Waals surface area (Å²) in [6.07, 6.45) is -0.179. The quantitative estimate of drug-likeness (QED) is 0.578. The molecule has 0 unspecified atom stereocenters. The summed E-state index contributed by atoms with van der Waals surface area (Å²) in [5, 5.41) is 0.725. The monoisotopic (exact) mass is 193 g/mol. The van der Waals surface area contributed by atoms with Gasteiger partial charge < -0.3 is 9.64 Å². The summed E-state index contributed by atoms with van der Waals surface area (Å²) in [6, 6.07) is 0. The number of likely N-dealkylation sites (N-methyl/N-ethyl adjacent to an activating group) is 1. The van der Waals surface area contributed by atoms with Crippen LogP contribution in [0.25, 0.3) is 0 Å². The Kier molecular flexibility index (Phi) is 1.95. The fourth-order valence-corrected chi connectivity index (χ4v) is 1.07. The molecule has 1 rings (SSSR count). The molecule has 0 spiro atoms. The summed E-state index contributed by atoms with van der Waals surface area (Å²) < 4.78 is 4.86. The number of carbonyl (C=O) groups is 1. The molecule has 0 aromatic heterocycles. The van der Waals surface area contributed by atoms with E-state index in [9.17, 15) is 4.79 Å². The van der Waals surface area contributed by atoms with Crippen molar-refractivity contribution in [2.45, 2.75) is 6.10 Å². The number of halogens is 1. The van der Waals surface area contributed by atoms with Crippen LogP contribution in [0, 0.1) is 0 Å². The second kappa shape index (κ2) is 2.56. The van der Waals surface area contributed by atoms with E-state index < -0.39 is 0 Å². The maximum Gasteiger partial charge on any atom is 0.409 e. The molecule has 1 heterocycles. The van der Waals surface area contributed by atoms with E-state index in [1.54, 1.807) is 11.9 Å². The van der Waals surface area contributed by atoms with E-state index in [-0.39, 0.29) is 12.2 Å². The zero-order valence-corrected chi connectivity index (χ0v) is 6.72. The van der Waals surface area contributed by atoms with E-state index in [0.717, 1.165) is 5.33 Å². The number of cyclic esters (lactones) is 1. The maximum absolute atomic E-state index is 10.6. The molecule has 1 amide bonds. The Bertz CT molecular complexity index is 128. The molecule has 0 saturated carbocycles. The first-order chi connectivity index (χ1) is 4.24. The van der Waals surface area contributed by atoms with Crippen molar-refractivity contribution in [2.24, 2.45) is 0 Å². The number of ether oxygens (including phenoxy) is 1. The van der Waals surface area contributed by atoms with Gasteiger partial charge in [-0.2, -0.15) is 0 Å². The molecule has 0 radical (unpaired) electrons. The zero-order chi connectivity index (χ0) is 6.85. The minimum Gasteiger partial charge on any atom is -0.443 e. The van der Waals surface area contributed by atoms with Gasteiger partial charge in [-0.15, -0.1) is 0 Å². The maximum atomic E-state index is 10.6. The molecule has 1 fully saturated rings. The fourth-order valence-electron chi connectivity index (χ4n) is 0.730. The van der Waals surface area contributed by atoms with Crippen molar-refractivity contribution in [3.05, 3.63) is 0 Å². The van der Waals surface area contributed by atoms with Gasteiger partial charge in [0.2, 0.25) is 0 Å². The first kappa shape index (κ1) is 6.86. The van der Waals surface area contributed by atoms with E-state index in [1.807, 2.05) is 0 Å². The number of rotatable bonds is 1. The average molecular weight is 194 g/mol. The molecule has 1 atom stereocenters. The molecule has 0 aromatic rings. The highest BCUT2D eigenvalue weighted by molar-refractivity contribution is 9.09. The molecule has 52 valence electrons. The van der Waals surface area contributed by atoms with Gasteiger partial charge in [-0.1, -0.05) is 15.9 Å². The first-order valence-electron chi connectivity index (χ1n) is 2.71. The molecular formula is C5H8BrNO2. The predicted octanol–water partition coefficient (Wildman–Crippen LogP) is 0.832. The van der Waals surface area contributed by atoms with Crippen LogP contribution in [0.4, 0.5) is 4.79 Å². The summed E-state index contributed by atoms with van der Waals surface area (Å²) in [4.78, 5) is 12.2. The standard InChI is InChI=1S/C5H8BrNO2/c1-7-3-4(2-6)9-5(7)8/h4H,2-3H2,1H3/t4-/m0/s1. The van der Waals surface area contributed by atoms with Gasteiger partial charge in [0.15, 0.2) is 0 Å². The SMILES string of the molecule is CN1C[C@H](CBr)OC1=O. The van der Waals surface area contributed by atoms with E-state index >= 15 is 0 Å². The Hall–Kier alpha value is -0.250. The van der Waals surface area contributed by atoms with Crippen LogP contribution in [-0.2, 0) is 4.74 Å². The highest BCUT2D eigenvalue weighted by Crippen LogP contribution is 2.09. The van der Waals surface area contributed by atoms with E-state index in [1.165, 1.54) is 0 Å². The summed E-state index contributed by atoms with van der Waals surface area (Å²) in [5.41, 5.74) is 0. The Morgan fingerprint density at radius 2 is 2.67 bits per heavy atom. The molecule has 0 N–H and O–H groups in total. The lowest BCUT2D eigenvalue weighted by Gasteiger charge is -2.00. The third-order valence-electron chi connectivity index (χ3n) is 1.23. The van der Waals surface area contributed by atoms with Crippen LogP contribution < -0.4 is 0 Å². The number of alkyl halides is 1. The Morgan fingerprint density at radius 1 is 2.00 bits per heavy atom. The van der Waals surface area contributed by atoms with E-state index in [0.29, 0.717) is 6.54 Å². The van der Waals surface area contributed by atoms with Crippen LogP contribution in [0.1, 0.15) is 0 Å². The molecule has 9 heavy (non-hydrogen) atoms. The normalized spacial score (nSPS) is 26.7. The summed E-state index contributed by atoms with van der Waals surface area (Å²) in [5.74, 6) is 0. The van der Waals surface area contributed by atoms with Crippen molar-refractivity contribution in [2.75, 3.05) is 18.9 Å². The van der Waals surface area contributed by atoms with E-state index in [2.05, 4.69) is 15.9 Å². The minimum absolute atomic E-state index is 0.0440. The molecule has 3 nitrogen and oxygen atoms in total. The lowest BCUT2D eigenvalue weighted by atomic mass is 10.4. The van der Waals surface area contributed by atoms with Crippen molar-refractivity contribution in [1.82, 2.24) is 4.90 Å². The number of hydrogen-bond donors (Lipinski definition) is 0. The van der Waals surface area contributed by atoms with Crippen LogP contribution in [-0.4, -0.2) is 36.0 Å². The average Bonchev–Trinajstić information content (AvgIpc) is 2.13. The van der Waals surface area contributed by atoms with Gasteiger partial charge >= 0.3 is 6.09 Å². The van der Waals surface area contributed by atoms with Gasteiger partial charge in [0.25, 0.3) is 0 Å². The first-order valence-corrected chi connectivity index (χ1v) is 3.84. The van der Waals surface area contributed by atoms with Crippen molar-refractivity contribution >= 4 is 22.0 Å². The molecule has 0 bridgehead atoms. The summed E-state index contributed by atoms with van der Waals surface area (Å²) >= 11 is 3.23. The van der Waals surface area contributed by atoms with Crippen molar-refractivity contribution in [1.29, 1.82) is 0 Å². The van der Waals surface area contributed by atoms with Crippen LogP contribution >= 0.6 is 15.9 Å². The third-order valence-corrected chi connectivity index (χ3v) is 1.95. The second-order valence-corrected chi connectivity index (χ2v) is 2.69. The predicted molar refractivity (Wildman–Crippen MR) is 36.7 cm³/mol. The number of hydrogen-bond acceptors (Lipinski definition) is 2. The largest absolute Gasteiger partial charge is 0.443 e. The molecule has 1 aliphatic rings. The summed E-state index contributed by atoms with van der Waals surface area (Å²) in [6.45, 7) is 0.698. The Balaban J connectivity index is 2.44. The molecular weight excluding hydrogens is 186 g/mol. The molecule has 1 aliphatic heterocycles. The van der Waals surface area contributed by atoms with Gasteiger partial charge in [0, 0.05) is 12.4 Å². The van der Waals surface area contributed by atoms with Gasteiger partial charge in [0.1, 0.15) is 6.10 Å². The zero-order valence-electron chi connectivity index (χ0n) is 5.13. The van der Waals surface area contributed by atoms with E-state index in [4.69, 9.17) is 4.74 Å². The molecule has 0 aromatic carbocycles. The topological polar surface area (TPSA) is 29.5 Å². The van der Waals surface area contributed by atoms with Crippen LogP contribution in [0.3, 0.4) is 0 Å².